The van der Waals surface area contributed by atoms with E-state index in [4.69, 9.17) is 0 Å². The lowest BCUT2D eigenvalue weighted by atomic mass is 10.0. The highest BCUT2D eigenvalue weighted by Crippen LogP contribution is 2.30. The quantitative estimate of drug-likeness (QED) is 0.734. The largest absolute Gasteiger partial charge is 0.392 e. The Morgan fingerprint density at radius 2 is 2.00 bits per heavy atom. The number of hydrogen-bond acceptors (Lipinski definition) is 2. The molecule has 14 heavy (non-hydrogen) atoms. The Kier molecular flexibility index (Phi) is 5.95. The van der Waals surface area contributed by atoms with Gasteiger partial charge in [-0.15, -0.1) is 0 Å². The van der Waals surface area contributed by atoms with Crippen molar-refractivity contribution in [3.8, 4) is 0 Å². The minimum Gasteiger partial charge on any atom is -0.392 e. The van der Waals surface area contributed by atoms with Crippen molar-refractivity contribution in [1.29, 1.82) is 0 Å². The van der Waals surface area contributed by atoms with E-state index in [2.05, 4.69) is 13.8 Å². The van der Waals surface area contributed by atoms with Crippen LogP contribution in [0, 0.1) is 5.92 Å². The molecule has 84 valence electrons. The van der Waals surface area contributed by atoms with Gasteiger partial charge in [0, 0.05) is 11.0 Å². The van der Waals surface area contributed by atoms with Gasteiger partial charge in [-0.05, 0) is 25.2 Å². The fourth-order valence-corrected chi connectivity index (χ4v) is 3.30. The lowest BCUT2D eigenvalue weighted by molar-refractivity contribution is 0.167. The Balaban J connectivity index is 2.04. The summed E-state index contributed by atoms with van der Waals surface area (Å²) >= 11 is 1.99. The van der Waals surface area contributed by atoms with E-state index in [1.54, 1.807) is 0 Å². The Morgan fingerprint density at radius 3 is 2.57 bits per heavy atom. The first-order valence-corrected chi connectivity index (χ1v) is 7.07. The molecule has 0 amide bonds. The van der Waals surface area contributed by atoms with E-state index in [-0.39, 0.29) is 6.10 Å². The summed E-state index contributed by atoms with van der Waals surface area (Å²) in [6.07, 6.45) is 7.65. The second kappa shape index (κ2) is 6.73. The minimum absolute atomic E-state index is 0.0736. The zero-order chi connectivity index (χ0) is 10.4. The van der Waals surface area contributed by atoms with Crippen LogP contribution in [-0.2, 0) is 0 Å². The molecule has 2 atom stereocenters. The van der Waals surface area contributed by atoms with Crippen molar-refractivity contribution in [2.45, 2.75) is 63.7 Å². The maximum absolute atomic E-state index is 9.79. The van der Waals surface area contributed by atoms with Gasteiger partial charge in [0.25, 0.3) is 0 Å². The summed E-state index contributed by atoms with van der Waals surface area (Å²) in [5.41, 5.74) is 0. The maximum Gasteiger partial charge on any atom is 0.0633 e. The molecule has 0 bridgehead atoms. The van der Waals surface area contributed by atoms with Gasteiger partial charge in [0.15, 0.2) is 0 Å². The molecule has 0 spiro atoms. The number of rotatable bonds is 6. The zero-order valence-electron chi connectivity index (χ0n) is 9.54. The molecule has 0 aromatic rings. The number of aliphatic hydroxyl groups is 1. The highest BCUT2D eigenvalue weighted by atomic mass is 32.2. The first-order chi connectivity index (χ1) is 6.72. The van der Waals surface area contributed by atoms with Gasteiger partial charge in [-0.3, -0.25) is 0 Å². The van der Waals surface area contributed by atoms with Crippen LogP contribution in [0.25, 0.3) is 0 Å². The first-order valence-electron chi connectivity index (χ1n) is 6.02. The zero-order valence-corrected chi connectivity index (χ0v) is 10.4. The van der Waals surface area contributed by atoms with Gasteiger partial charge in [0.05, 0.1) is 6.10 Å². The molecule has 0 aromatic heterocycles. The van der Waals surface area contributed by atoms with Gasteiger partial charge in [-0.1, -0.05) is 33.1 Å². The normalized spacial score (nSPS) is 22.5. The van der Waals surface area contributed by atoms with Crippen LogP contribution < -0.4 is 0 Å². The van der Waals surface area contributed by atoms with Gasteiger partial charge < -0.3 is 5.11 Å². The third kappa shape index (κ3) is 4.70. The average Bonchev–Trinajstić information content (AvgIpc) is 2.67. The van der Waals surface area contributed by atoms with Crippen LogP contribution in [0.15, 0.2) is 0 Å². The summed E-state index contributed by atoms with van der Waals surface area (Å²) in [5, 5.41) is 10.6. The summed E-state index contributed by atoms with van der Waals surface area (Å²) in [6, 6.07) is 0. The molecule has 0 saturated heterocycles. The van der Waals surface area contributed by atoms with Crippen molar-refractivity contribution in [1.82, 2.24) is 0 Å². The van der Waals surface area contributed by atoms with E-state index < -0.39 is 0 Å². The lowest BCUT2D eigenvalue weighted by Gasteiger charge is -2.16. The molecule has 0 aromatic carbocycles. The van der Waals surface area contributed by atoms with E-state index >= 15 is 0 Å². The van der Waals surface area contributed by atoms with Crippen molar-refractivity contribution in [3.05, 3.63) is 0 Å². The topological polar surface area (TPSA) is 20.2 Å². The Labute approximate surface area is 92.7 Å². The molecule has 0 radical (unpaired) electrons. The Morgan fingerprint density at radius 1 is 1.36 bits per heavy atom. The molecule has 2 unspecified atom stereocenters. The van der Waals surface area contributed by atoms with Crippen molar-refractivity contribution in [3.63, 3.8) is 0 Å². The Hall–Kier alpha value is 0.310. The summed E-state index contributed by atoms with van der Waals surface area (Å²) in [4.78, 5) is 0. The molecule has 1 aliphatic carbocycles. The van der Waals surface area contributed by atoms with Crippen molar-refractivity contribution in [2.24, 2.45) is 5.92 Å². The third-order valence-corrected chi connectivity index (χ3v) is 4.72. The first kappa shape index (κ1) is 12.4. The van der Waals surface area contributed by atoms with Crippen LogP contribution in [0.2, 0.25) is 0 Å². The molecule has 1 nitrogen and oxygen atoms in total. The summed E-state index contributed by atoms with van der Waals surface area (Å²) in [7, 11) is 0. The van der Waals surface area contributed by atoms with Crippen LogP contribution in [-0.4, -0.2) is 22.2 Å². The van der Waals surface area contributed by atoms with E-state index in [1.165, 1.54) is 32.1 Å². The molecular formula is C12H24OS. The minimum atomic E-state index is -0.0736. The van der Waals surface area contributed by atoms with Gasteiger partial charge in [-0.25, -0.2) is 0 Å². The van der Waals surface area contributed by atoms with Gasteiger partial charge >= 0.3 is 0 Å². The van der Waals surface area contributed by atoms with Crippen molar-refractivity contribution in [2.75, 3.05) is 5.75 Å². The van der Waals surface area contributed by atoms with Crippen molar-refractivity contribution < 1.29 is 5.11 Å². The fraction of sp³-hybridized carbons (Fsp3) is 1.00. The van der Waals surface area contributed by atoms with Crippen molar-refractivity contribution >= 4 is 11.8 Å². The monoisotopic (exact) mass is 216 g/mol. The molecule has 1 saturated carbocycles. The molecular weight excluding hydrogens is 192 g/mol. The average molecular weight is 216 g/mol. The molecule has 1 rings (SSSR count). The molecule has 2 heteroatoms. The molecule has 1 fully saturated rings. The molecule has 0 heterocycles. The number of hydrogen-bond donors (Lipinski definition) is 1. The van der Waals surface area contributed by atoms with Crippen LogP contribution in [0.5, 0.6) is 0 Å². The number of aliphatic hydroxyl groups excluding tert-OH is 1. The maximum atomic E-state index is 9.79. The predicted octanol–water partition coefficient (Wildman–Crippen LogP) is 3.46. The smallest absolute Gasteiger partial charge is 0.0633 e. The lowest BCUT2D eigenvalue weighted by Crippen LogP contribution is -2.15. The number of thioether (sulfide) groups is 1. The van der Waals surface area contributed by atoms with E-state index in [0.717, 1.165) is 17.4 Å². The van der Waals surface area contributed by atoms with Crippen LogP contribution in [0.3, 0.4) is 0 Å². The van der Waals surface area contributed by atoms with Gasteiger partial charge in [-0.2, -0.15) is 11.8 Å². The van der Waals surface area contributed by atoms with E-state index in [9.17, 15) is 5.11 Å². The van der Waals surface area contributed by atoms with Gasteiger partial charge in [0.1, 0.15) is 0 Å². The Bertz CT molecular complexity index is 143. The van der Waals surface area contributed by atoms with E-state index in [0.29, 0.717) is 5.92 Å². The van der Waals surface area contributed by atoms with E-state index in [1.807, 2.05) is 11.8 Å². The summed E-state index contributed by atoms with van der Waals surface area (Å²) < 4.78 is 0. The summed E-state index contributed by atoms with van der Waals surface area (Å²) in [6.45, 7) is 4.42. The highest BCUT2D eigenvalue weighted by Gasteiger charge is 2.17. The second-order valence-corrected chi connectivity index (χ2v) is 5.98. The summed E-state index contributed by atoms with van der Waals surface area (Å²) in [5.74, 6) is 1.63. The molecule has 1 aliphatic rings. The standard InChI is InChI=1S/C12H24OS/c1-3-10(2)8-11(13)9-14-12-6-4-5-7-12/h10-13H,3-9H2,1-2H3. The third-order valence-electron chi connectivity index (χ3n) is 3.20. The SMILES string of the molecule is CCC(C)CC(O)CSC1CCCC1. The predicted molar refractivity (Wildman–Crippen MR) is 64.8 cm³/mol. The highest BCUT2D eigenvalue weighted by molar-refractivity contribution is 7.99. The van der Waals surface area contributed by atoms with Gasteiger partial charge in [0.2, 0.25) is 0 Å². The van der Waals surface area contributed by atoms with Crippen LogP contribution >= 0.6 is 11.8 Å². The second-order valence-electron chi connectivity index (χ2n) is 4.64. The fourth-order valence-electron chi connectivity index (χ4n) is 2.00. The van der Waals surface area contributed by atoms with Crippen LogP contribution in [0.1, 0.15) is 52.4 Å². The molecule has 0 aliphatic heterocycles. The molecule has 1 N–H and O–H groups in total. The van der Waals surface area contributed by atoms with Crippen LogP contribution in [0.4, 0.5) is 0 Å².